The summed E-state index contributed by atoms with van der Waals surface area (Å²) in [5, 5.41) is 6.93. The quantitative estimate of drug-likeness (QED) is 0.199. The van der Waals surface area contributed by atoms with Gasteiger partial charge in [0, 0.05) is 10.8 Å². The molecule has 0 atom stereocenters. The fourth-order valence-corrected chi connectivity index (χ4v) is 6.76. The van der Waals surface area contributed by atoms with Crippen LogP contribution in [-0.4, -0.2) is 0 Å². The molecule has 43 heavy (non-hydrogen) atoms. The Morgan fingerprint density at radius 2 is 1.02 bits per heavy atom. The van der Waals surface area contributed by atoms with Crippen molar-refractivity contribution in [2.75, 3.05) is 0 Å². The third-order valence-electron chi connectivity index (χ3n) is 8.57. The Morgan fingerprint density at radius 3 is 1.79 bits per heavy atom. The number of hydrogen-bond donors (Lipinski definition) is 0. The number of furan rings is 1. The van der Waals surface area contributed by atoms with Gasteiger partial charge in [-0.1, -0.05) is 139 Å². The van der Waals surface area contributed by atoms with Crippen molar-refractivity contribution in [3.63, 3.8) is 0 Å². The molecule has 200 valence electrons. The van der Waals surface area contributed by atoms with E-state index in [4.69, 9.17) is 9.90 Å². The van der Waals surface area contributed by atoms with Gasteiger partial charge >= 0.3 is 0 Å². The highest BCUT2D eigenvalue weighted by molar-refractivity contribution is 6.28. The summed E-state index contributed by atoms with van der Waals surface area (Å²) in [6.45, 7) is 0. The van der Waals surface area contributed by atoms with E-state index in [1.54, 1.807) is 6.07 Å². The Balaban J connectivity index is 1.43. The summed E-state index contributed by atoms with van der Waals surface area (Å²) in [5.74, 6) is 0. The fraction of sp³-hybridized carbons (Fsp3) is 0. The summed E-state index contributed by atoms with van der Waals surface area (Å²) in [4.78, 5) is 0. The molecule has 0 aliphatic rings. The van der Waals surface area contributed by atoms with Crippen molar-refractivity contribution in [1.82, 2.24) is 0 Å². The molecule has 9 rings (SSSR count). The summed E-state index contributed by atoms with van der Waals surface area (Å²) in [5.41, 5.74) is 7.91. The maximum Gasteiger partial charge on any atom is 0.136 e. The number of fused-ring (bicyclic) bond motifs is 7. The van der Waals surface area contributed by atoms with Crippen LogP contribution in [0.1, 0.15) is 5.48 Å². The van der Waals surface area contributed by atoms with Crippen LogP contribution < -0.4 is 0 Å². The molecule has 0 aliphatic heterocycles. The minimum Gasteiger partial charge on any atom is -0.456 e. The Morgan fingerprint density at radius 1 is 0.419 bits per heavy atom. The van der Waals surface area contributed by atoms with E-state index >= 15 is 0 Å². The van der Waals surface area contributed by atoms with Crippen LogP contribution in [0.4, 0.5) is 0 Å². The number of benzene rings is 8. The van der Waals surface area contributed by atoms with Gasteiger partial charge in [-0.25, -0.2) is 0 Å². The predicted octanol–water partition coefficient (Wildman–Crippen LogP) is 12.0. The molecule has 0 radical (unpaired) electrons. The van der Waals surface area contributed by atoms with Crippen molar-refractivity contribution in [3.8, 4) is 33.4 Å². The van der Waals surface area contributed by atoms with E-state index < -0.39 is 0 Å². The zero-order valence-electron chi connectivity index (χ0n) is 27.1. The molecule has 0 saturated carbocycles. The van der Waals surface area contributed by atoms with Crippen LogP contribution in [0.25, 0.3) is 87.6 Å². The van der Waals surface area contributed by atoms with Crippen LogP contribution in [0.3, 0.4) is 0 Å². The summed E-state index contributed by atoms with van der Waals surface area (Å²) in [7, 11) is 0. The van der Waals surface area contributed by atoms with E-state index in [9.17, 15) is 0 Å². The smallest absolute Gasteiger partial charge is 0.136 e. The fourth-order valence-electron chi connectivity index (χ4n) is 6.76. The molecule has 0 amide bonds. The van der Waals surface area contributed by atoms with Gasteiger partial charge in [0.05, 0.1) is 5.48 Å². The molecule has 0 aliphatic carbocycles. The van der Waals surface area contributed by atoms with Crippen LogP contribution in [0.2, 0.25) is 0 Å². The van der Waals surface area contributed by atoms with Gasteiger partial charge in [-0.15, -0.1) is 0 Å². The molecule has 0 fully saturated rings. The average Bonchev–Trinajstić information content (AvgIpc) is 3.51. The number of rotatable bonds is 3. The van der Waals surface area contributed by atoms with Crippen LogP contribution in [-0.2, 0) is 0 Å². The van der Waals surface area contributed by atoms with E-state index in [-0.39, 0.29) is 24.2 Å². The summed E-state index contributed by atoms with van der Waals surface area (Å²) < 4.78 is 40.8. The molecule has 1 heteroatoms. The van der Waals surface area contributed by atoms with E-state index in [0.29, 0.717) is 27.3 Å². The molecule has 0 spiro atoms. The van der Waals surface area contributed by atoms with Crippen LogP contribution in [0, 0.1) is 0 Å². The second kappa shape index (κ2) is 9.44. The first-order valence-corrected chi connectivity index (χ1v) is 14.4. The monoisotopic (exact) mass is 550 g/mol. The van der Waals surface area contributed by atoms with Gasteiger partial charge in [-0.2, -0.15) is 0 Å². The van der Waals surface area contributed by atoms with Crippen LogP contribution in [0.15, 0.2) is 162 Å². The lowest BCUT2D eigenvalue weighted by atomic mass is 9.84. The average molecular weight is 551 g/mol. The van der Waals surface area contributed by atoms with Gasteiger partial charge in [-0.3, -0.25) is 0 Å². The predicted molar refractivity (Wildman–Crippen MR) is 183 cm³/mol. The van der Waals surface area contributed by atoms with Gasteiger partial charge in [0.2, 0.25) is 0 Å². The molecule has 1 nitrogen and oxygen atoms in total. The van der Waals surface area contributed by atoms with Gasteiger partial charge in [0.15, 0.2) is 0 Å². The highest BCUT2D eigenvalue weighted by atomic mass is 16.3. The Bertz CT molecular complexity index is 2670. The zero-order valence-corrected chi connectivity index (χ0v) is 23.1. The first kappa shape index (κ1) is 20.3. The van der Waals surface area contributed by atoms with Gasteiger partial charge in [0.1, 0.15) is 11.2 Å². The van der Waals surface area contributed by atoms with Crippen molar-refractivity contribution >= 4 is 54.3 Å². The Kier molecular flexibility index (Phi) is 4.45. The normalized spacial score (nSPS) is 13.0. The van der Waals surface area contributed by atoms with Crippen molar-refractivity contribution in [2.24, 2.45) is 0 Å². The van der Waals surface area contributed by atoms with Crippen LogP contribution >= 0.6 is 0 Å². The molecule has 0 unspecified atom stereocenters. The van der Waals surface area contributed by atoms with E-state index in [1.165, 1.54) is 11.1 Å². The van der Waals surface area contributed by atoms with E-state index in [0.717, 1.165) is 49.2 Å². The zero-order chi connectivity index (χ0) is 31.8. The number of hydrogen-bond acceptors (Lipinski definition) is 1. The molecule has 9 aromatic rings. The summed E-state index contributed by atoms with van der Waals surface area (Å²) >= 11 is 0. The molecule has 8 aromatic carbocycles. The van der Waals surface area contributed by atoms with Crippen molar-refractivity contribution < 1.29 is 9.90 Å². The van der Waals surface area contributed by atoms with Crippen molar-refractivity contribution in [3.05, 3.63) is 158 Å². The third kappa shape index (κ3) is 3.65. The first-order valence-electron chi connectivity index (χ1n) is 16.4. The molecule has 1 heterocycles. The lowest BCUT2D eigenvalue weighted by Crippen LogP contribution is -1.91. The summed E-state index contributed by atoms with van der Waals surface area (Å²) in [6, 6.07) is 45.2. The van der Waals surface area contributed by atoms with E-state index in [1.807, 2.05) is 24.3 Å². The lowest BCUT2D eigenvalue weighted by Gasteiger charge is -2.18. The summed E-state index contributed by atoms with van der Waals surface area (Å²) in [6.07, 6.45) is 0. The minimum atomic E-state index is -0.250. The largest absolute Gasteiger partial charge is 0.456 e. The second-order valence-electron chi connectivity index (χ2n) is 10.9. The highest BCUT2D eigenvalue weighted by Crippen LogP contribution is 2.48. The molecule has 0 N–H and O–H groups in total. The highest BCUT2D eigenvalue weighted by Gasteiger charge is 2.21. The van der Waals surface area contributed by atoms with Gasteiger partial charge in [0.25, 0.3) is 0 Å². The van der Waals surface area contributed by atoms with E-state index in [2.05, 4.69) is 103 Å². The molecule has 1 aromatic heterocycles. The van der Waals surface area contributed by atoms with Crippen molar-refractivity contribution in [2.45, 2.75) is 0 Å². The van der Waals surface area contributed by atoms with Crippen LogP contribution in [0.5, 0.6) is 0 Å². The Labute approximate surface area is 254 Å². The molecular formula is C42H26O. The third-order valence-corrected chi connectivity index (χ3v) is 8.57. The SMILES string of the molecule is [2H]c1c([2H])c([2H])c2c(ccc3oc4cccc(-c5c6ccccc6c(-c6cccc(-c7ccccc7)c6)c6ccccc56)c4c32)c1[2H]. The Hall–Kier alpha value is -5.66. The van der Waals surface area contributed by atoms with Crippen molar-refractivity contribution in [1.29, 1.82) is 0 Å². The van der Waals surface area contributed by atoms with Gasteiger partial charge in [-0.05, 0) is 83.9 Å². The molecule has 0 saturated heterocycles. The maximum absolute atomic E-state index is 8.93. The lowest BCUT2D eigenvalue weighted by molar-refractivity contribution is 0.669. The topological polar surface area (TPSA) is 13.1 Å². The minimum absolute atomic E-state index is 0.0484. The first-order chi connectivity index (χ1) is 23.0. The van der Waals surface area contributed by atoms with Gasteiger partial charge < -0.3 is 4.42 Å². The standard InChI is InChI=1S/C42H26O/c1-2-12-27(13-3-1)29-15-10-16-30(26-29)39-32-18-6-8-20-34(32)40(35-21-9-7-19-33(35)39)36-22-11-23-37-42(36)41-31-17-5-4-14-28(31)24-25-38(41)43-37/h1-26H/i4D,5D,14D,17D. The molecule has 0 bridgehead atoms. The molecular weight excluding hydrogens is 520 g/mol. The maximum atomic E-state index is 8.93. The second-order valence-corrected chi connectivity index (χ2v) is 10.9.